The van der Waals surface area contributed by atoms with E-state index >= 15 is 0 Å². The first-order valence-electron chi connectivity index (χ1n) is 9.23. The van der Waals surface area contributed by atoms with Crippen LogP contribution in [0.15, 0.2) is 6.07 Å². The van der Waals surface area contributed by atoms with Crippen molar-refractivity contribution in [2.45, 2.75) is 51.7 Å². The molecular weight excluding hydrogens is 354 g/mol. The molecule has 26 heavy (non-hydrogen) atoms. The molecule has 0 radical (unpaired) electrons. The minimum absolute atomic E-state index is 0.206. The van der Waals surface area contributed by atoms with Gasteiger partial charge in [-0.05, 0) is 40.0 Å². The zero-order chi connectivity index (χ0) is 18.9. The maximum absolute atomic E-state index is 12.5. The Morgan fingerprint density at radius 2 is 2.00 bits per heavy atom. The van der Waals surface area contributed by atoms with Crippen LogP contribution < -0.4 is 9.80 Å². The SMILES string of the molecule is CN1CCCN([C@@H]2CCCN(C(=O)OC(C)(C)C)C2)c2nnc(Cl)cc21. The first-order chi connectivity index (χ1) is 12.2. The summed E-state index contributed by atoms with van der Waals surface area (Å²) >= 11 is 6.07. The van der Waals surface area contributed by atoms with Gasteiger partial charge in [0, 0.05) is 45.3 Å². The van der Waals surface area contributed by atoms with Gasteiger partial charge in [0.15, 0.2) is 11.0 Å². The second-order valence-electron chi connectivity index (χ2n) is 8.07. The Kier molecular flexibility index (Phi) is 5.46. The zero-order valence-electron chi connectivity index (χ0n) is 16.0. The van der Waals surface area contributed by atoms with Crippen LogP contribution in [0.2, 0.25) is 5.15 Å². The van der Waals surface area contributed by atoms with Gasteiger partial charge in [-0.2, -0.15) is 0 Å². The first-order valence-corrected chi connectivity index (χ1v) is 9.61. The summed E-state index contributed by atoms with van der Waals surface area (Å²) in [6.07, 6.45) is 2.75. The lowest BCUT2D eigenvalue weighted by atomic mass is 10.0. The second kappa shape index (κ2) is 7.47. The van der Waals surface area contributed by atoms with Crippen molar-refractivity contribution in [2.75, 3.05) is 43.0 Å². The number of likely N-dealkylation sites (tertiary alicyclic amines) is 1. The number of carbonyl (C=O) groups excluding carboxylic acids is 1. The van der Waals surface area contributed by atoms with E-state index in [-0.39, 0.29) is 12.1 Å². The molecule has 0 unspecified atom stereocenters. The van der Waals surface area contributed by atoms with Crippen LogP contribution in [0.4, 0.5) is 16.3 Å². The minimum Gasteiger partial charge on any atom is -0.444 e. The van der Waals surface area contributed by atoms with E-state index in [2.05, 4.69) is 20.0 Å². The number of nitrogens with zero attached hydrogens (tertiary/aromatic N) is 5. The van der Waals surface area contributed by atoms with Gasteiger partial charge >= 0.3 is 6.09 Å². The number of aromatic nitrogens is 2. The number of rotatable bonds is 1. The largest absolute Gasteiger partial charge is 0.444 e. The standard InChI is InChI=1S/C18H28ClN5O2/c1-18(2,3)26-17(25)23-9-5-7-13(12-23)24-10-6-8-22(4)14-11-15(19)20-21-16(14)24/h11,13H,5-10,12H2,1-4H3/t13-/m1/s1. The lowest BCUT2D eigenvalue weighted by Gasteiger charge is -2.40. The highest BCUT2D eigenvalue weighted by atomic mass is 35.5. The van der Waals surface area contributed by atoms with E-state index in [0.29, 0.717) is 11.7 Å². The van der Waals surface area contributed by atoms with Crippen molar-refractivity contribution in [3.8, 4) is 0 Å². The predicted octanol–water partition coefficient (Wildman–Crippen LogP) is 3.18. The lowest BCUT2D eigenvalue weighted by molar-refractivity contribution is 0.0197. The van der Waals surface area contributed by atoms with Crippen molar-refractivity contribution in [1.29, 1.82) is 0 Å². The number of carbonyl (C=O) groups is 1. The Labute approximate surface area is 160 Å². The lowest BCUT2D eigenvalue weighted by Crippen LogP contribution is -2.51. The van der Waals surface area contributed by atoms with Crippen molar-refractivity contribution < 1.29 is 9.53 Å². The molecule has 3 rings (SSSR count). The average molecular weight is 382 g/mol. The molecule has 8 heteroatoms. The monoisotopic (exact) mass is 381 g/mol. The zero-order valence-corrected chi connectivity index (χ0v) is 16.8. The molecule has 1 fully saturated rings. The van der Waals surface area contributed by atoms with Gasteiger partial charge in [0.2, 0.25) is 0 Å². The van der Waals surface area contributed by atoms with E-state index in [9.17, 15) is 4.79 Å². The number of fused-ring (bicyclic) bond motifs is 1. The van der Waals surface area contributed by atoms with Gasteiger partial charge in [0.05, 0.1) is 5.69 Å². The smallest absolute Gasteiger partial charge is 0.410 e. The molecule has 2 aliphatic heterocycles. The van der Waals surface area contributed by atoms with Crippen LogP contribution in [0.1, 0.15) is 40.0 Å². The number of halogens is 1. The molecule has 1 aromatic rings. The molecule has 0 N–H and O–H groups in total. The molecule has 0 spiro atoms. The molecule has 1 saturated heterocycles. The van der Waals surface area contributed by atoms with Crippen molar-refractivity contribution in [2.24, 2.45) is 0 Å². The molecule has 3 heterocycles. The number of hydrogen-bond acceptors (Lipinski definition) is 6. The fourth-order valence-electron chi connectivity index (χ4n) is 3.60. The third kappa shape index (κ3) is 4.31. The molecule has 1 atom stereocenters. The Morgan fingerprint density at radius 1 is 1.23 bits per heavy atom. The molecule has 144 valence electrons. The van der Waals surface area contributed by atoms with Gasteiger partial charge in [-0.15, -0.1) is 10.2 Å². The quantitative estimate of drug-likeness (QED) is 0.744. The van der Waals surface area contributed by atoms with E-state index in [1.165, 1.54) is 0 Å². The van der Waals surface area contributed by atoms with Gasteiger partial charge in [-0.3, -0.25) is 0 Å². The van der Waals surface area contributed by atoms with Crippen molar-refractivity contribution >= 4 is 29.2 Å². The van der Waals surface area contributed by atoms with Crippen molar-refractivity contribution in [3.63, 3.8) is 0 Å². The molecule has 0 aliphatic carbocycles. The van der Waals surface area contributed by atoms with Gasteiger partial charge in [-0.25, -0.2) is 4.79 Å². The Hall–Kier alpha value is -1.76. The van der Waals surface area contributed by atoms with E-state index in [1.54, 1.807) is 0 Å². The maximum Gasteiger partial charge on any atom is 0.410 e. The molecule has 0 bridgehead atoms. The molecule has 2 aliphatic rings. The Balaban J connectivity index is 1.80. The second-order valence-corrected chi connectivity index (χ2v) is 8.45. The topological polar surface area (TPSA) is 61.8 Å². The Bertz CT molecular complexity index is 663. The molecule has 1 aromatic heterocycles. The third-order valence-corrected chi connectivity index (χ3v) is 4.97. The van der Waals surface area contributed by atoms with Gasteiger partial charge in [0.1, 0.15) is 5.60 Å². The highest BCUT2D eigenvalue weighted by Crippen LogP contribution is 2.33. The fourth-order valence-corrected chi connectivity index (χ4v) is 3.74. The van der Waals surface area contributed by atoms with Crippen LogP contribution >= 0.6 is 11.6 Å². The highest BCUT2D eigenvalue weighted by molar-refractivity contribution is 6.29. The summed E-state index contributed by atoms with van der Waals surface area (Å²) in [5.74, 6) is 0.852. The fraction of sp³-hybridized carbons (Fsp3) is 0.722. The molecule has 0 aromatic carbocycles. The number of hydrogen-bond donors (Lipinski definition) is 0. The highest BCUT2D eigenvalue weighted by Gasteiger charge is 2.33. The number of anilines is 2. The summed E-state index contributed by atoms with van der Waals surface area (Å²) in [5.41, 5.74) is 0.515. The summed E-state index contributed by atoms with van der Waals surface area (Å²) in [7, 11) is 2.05. The number of amides is 1. The first kappa shape index (κ1) is 19.0. The Morgan fingerprint density at radius 3 is 2.73 bits per heavy atom. The summed E-state index contributed by atoms with van der Waals surface area (Å²) in [6, 6.07) is 2.08. The van der Waals surface area contributed by atoms with E-state index in [0.717, 1.165) is 50.4 Å². The average Bonchev–Trinajstić information content (AvgIpc) is 2.73. The summed E-state index contributed by atoms with van der Waals surface area (Å²) < 4.78 is 5.55. The predicted molar refractivity (Wildman–Crippen MR) is 103 cm³/mol. The van der Waals surface area contributed by atoms with Crippen LogP contribution in [-0.4, -0.2) is 66.1 Å². The summed E-state index contributed by atoms with van der Waals surface area (Å²) in [4.78, 5) is 18.8. The summed E-state index contributed by atoms with van der Waals surface area (Å²) in [5, 5.41) is 8.84. The molecule has 1 amide bonds. The van der Waals surface area contributed by atoms with Crippen molar-refractivity contribution in [1.82, 2.24) is 15.1 Å². The van der Waals surface area contributed by atoms with Crippen LogP contribution in [-0.2, 0) is 4.74 Å². The van der Waals surface area contributed by atoms with Gasteiger partial charge < -0.3 is 19.4 Å². The molecular formula is C18H28ClN5O2. The normalized spacial score (nSPS) is 21.3. The maximum atomic E-state index is 12.5. The van der Waals surface area contributed by atoms with Crippen LogP contribution in [0.5, 0.6) is 0 Å². The summed E-state index contributed by atoms with van der Waals surface area (Å²) in [6.45, 7) is 8.89. The third-order valence-electron chi connectivity index (χ3n) is 4.79. The number of piperidine rings is 1. The minimum atomic E-state index is -0.482. The van der Waals surface area contributed by atoms with E-state index in [1.807, 2.05) is 38.8 Å². The van der Waals surface area contributed by atoms with Crippen LogP contribution in [0, 0.1) is 0 Å². The van der Waals surface area contributed by atoms with Crippen molar-refractivity contribution in [3.05, 3.63) is 11.2 Å². The van der Waals surface area contributed by atoms with Gasteiger partial charge in [-0.1, -0.05) is 11.6 Å². The number of ether oxygens (including phenoxy) is 1. The molecule has 7 nitrogen and oxygen atoms in total. The van der Waals surface area contributed by atoms with E-state index < -0.39 is 5.60 Å². The van der Waals surface area contributed by atoms with Crippen LogP contribution in [0.25, 0.3) is 0 Å². The molecule has 0 saturated carbocycles. The van der Waals surface area contributed by atoms with Crippen LogP contribution in [0.3, 0.4) is 0 Å². The van der Waals surface area contributed by atoms with Gasteiger partial charge in [0.25, 0.3) is 0 Å². The van der Waals surface area contributed by atoms with E-state index in [4.69, 9.17) is 16.3 Å².